The fourth-order valence-electron chi connectivity index (χ4n) is 3.06. The largest absolute Gasteiger partial charge is 0.474 e. The second-order valence-electron chi connectivity index (χ2n) is 6.57. The summed E-state index contributed by atoms with van der Waals surface area (Å²) >= 11 is 0. The molecule has 3 heterocycles. The lowest BCUT2D eigenvalue weighted by molar-refractivity contribution is -0.117. The predicted molar refractivity (Wildman–Crippen MR) is 95.8 cm³/mol. The Balaban J connectivity index is 1.45. The van der Waals surface area contributed by atoms with Gasteiger partial charge in [0.05, 0.1) is 23.6 Å². The summed E-state index contributed by atoms with van der Waals surface area (Å²) < 4.78 is 5.96. The summed E-state index contributed by atoms with van der Waals surface area (Å²) in [6.07, 6.45) is 1.95. The smallest absolute Gasteiger partial charge is 0.238 e. The number of amides is 1. The lowest BCUT2D eigenvalue weighted by Crippen LogP contribution is -2.42. The van der Waals surface area contributed by atoms with Crippen LogP contribution < -0.4 is 10.1 Å². The van der Waals surface area contributed by atoms with Crippen LogP contribution in [0.4, 0.5) is 5.69 Å². The van der Waals surface area contributed by atoms with Crippen molar-refractivity contribution < 1.29 is 9.53 Å². The Morgan fingerprint density at radius 1 is 1.32 bits per heavy atom. The minimum Gasteiger partial charge on any atom is -0.474 e. The maximum atomic E-state index is 12.3. The van der Waals surface area contributed by atoms with E-state index in [9.17, 15) is 4.79 Å². The maximum Gasteiger partial charge on any atom is 0.238 e. The highest BCUT2D eigenvalue weighted by molar-refractivity contribution is 5.93. The Labute approximate surface area is 147 Å². The first-order chi connectivity index (χ1) is 12.0. The fraction of sp³-hybridized carbons (Fsp3) is 0.500. The van der Waals surface area contributed by atoms with E-state index in [0.717, 1.165) is 48.7 Å². The first kappa shape index (κ1) is 17.4. The molecule has 0 saturated carbocycles. The number of piperidine rings is 1. The lowest BCUT2D eigenvalue weighted by Gasteiger charge is -2.31. The van der Waals surface area contributed by atoms with Crippen LogP contribution in [0.5, 0.6) is 5.88 Å². The number of ether oxygens (including phenoxy) is 1. The number of pyridine rings is 1. The summed E-state index contributed by atoms with van der Waals surface area (Å²) in [6, 6.07) is 5.80. The number of carbonyl (C=O) groups is 1. The van der Waals surface area contributed by atoms with Crippen LogP contribution >= 0.6 is 0 Å². The molecule has 2 aromatic rings. The molecule has 1 saturated heterocycles. The van der Waals surface area contributed by atoms with E-state index < -0.39 is 0 Å². The van der Waals surface area contributed by atoms with Crippen LogP contribution in [-0.4, -0.2) is 51.7 Å². The molecule has 1 amide bonds. The molecule has 0 unspecified atom stereocenters. The van der Waals surface area contributed by atoms with Crippen LogP contribution in [0, 0.1) is 20.8 Å². The number of hydrogen-bond donors (Lipinski definition) is 2. The Kier molecular flexibility index (Phi) is 5.33. The van der Waals surface area contributed by atoms with Crippen molar-refractivity contribution in [2.24, 2.45) is 0 Å². The van der Waals surface area contributed by atoms with Gasteiger partial charge in [0, 0.05) is 24.8 Å². The molecule has 0 aliphatic carbocycles. The normalized spacial score (nSPS) is 16.0. The van der Waals surface area contributed by atoms with Gasteiger partial charge in [-0.2, -0.15) is 5.10 Å². The molecule has 2 N–H and O–H groups in total. The minimum atomic E-state index is -0.00711. The van der Waals surface area contributed by atoms with E-state index in [-0.39, 0.29) is 12.0 Å². The number of aromatic amines is 1. The zero-order valence-corrected chi connectivity index (χ0v) is 15.0. The fourth-order valence-corrected chi connectivity index (χ4v) is 3.06. The molecule has 2 aromatic heterocycles. The molecule has 3 rings (SSSR count). The monoisotopic (exact) mass is 343 g/mol. The molecule has 1 fully saturated rings. The van der Waals surface area contributed by atoms with E-state index in [4.69, 9.17) is 4.74 Å². The van der Waals surface area contributed by atoms with Crippen molar-refractivity contribution in [2.45, 2.75) is 39.7 Å². The van der Waals surface area contributed by atoms with Gasteiger partial charge in [0.2, 0.25) is 11.8 Å². The number of H-pyrrole nitrogens is 1. The van der Waals surface area contributed by atoms with Gasteiger partial charge < -0.3 is 10.1 Å². The van der Waals surface area contributed by atoms with Crippen LogP contribution in [-0.2, 0) is 4.79 Å². The average Bonchev–Trinajstić information content (AvgIpc) is 2.89. The Hall–Kier alpha value is -2.41. The molecule has 0 spiro atoms. The number of nitrogens with zero attached hydrogens (tertiary/aromatic N) is 3. The number of anilines is 1. The van der Waals surface area contributed by atoms with Crippen molar-refractivity contribution in [1.29, 1.82) is 0 Å². The van der Waals surface area contributed by atoms with E-state index in [1.807, 2.05) is 39.0 Å². The van der Waals surface area contributed by atoms with Crippen molar-refractivity contribution in [3.8, 4) is 5.88 Å². The molecule has 7 heteroatoms. The van der Waals surface area contributed by atoms with E-state index in [1.54, 1.807) is 0 Å². The van der Waals surface area contributed by atoms with Gasteiger partial charge in [0.25, 0.3) is 0 Å². The Morgan fingerprint density at radius 2 is 2.08 bits per heavy atom. The third kappa shape index (κ3) is 4.57. The summed E-state index contributed by atoms with van der Waals surface area (Å²) in [7, 11) is 0. The predicted octanol–water partition coefficient (Wildman–Crippen LogP) is 2.21. The van der Waals surface area contributed by atoms with Crippen molar-refractivity contribution in [1.82, 2.24) is 20.1 Å². The van der Waals surface area contributed by atoms with Gasteiger partial charge in [-0.1, -0.05) is 6.07 Å². The minimum absolute atomic E-state index is 0.00711. The van der Waals surface area contributed by atoms with Crippen LogP contribution in [0.25, 0.3) is 0 Å². The maximum absolute atomic E-state index is 12.3. The molecule has 7 nitrogen and oxygen atoms in total. The van der Waals surface area contributed by atoms with Crippen LogP contribution in [0.15, 0.2) is 18.2 Å². The zero-order chi connectivity index (χ0) is 17.8. The molecule has 1 aliphatic heterocycles. The van der Waals surface area contributed by atoms with Gasteiger partial charge in [-0.05, 0) is 39.7 Å². The quantitative estimate of drug-likeness (QED) is 0.870. The average molecular weight is 343 g/mol. The Bertz CT molecular complexity index is 715. The third-order valence-electron chi connectivity index (χ3n) is 4.44. The summed E-state index contributed by atoms with van der Waals surface area (Å²) in [5, 5.41) is 9.92. The molecular formula is C18H25N5O2. The number of hydrogen-bond acceptors (Lipinski definition) is 5. The van der Waals surface area contributed by atoms with Gasteiger partial charge >= 0.3 is 0 Å². The number of carbonyl (C=O) groups excluding carboxylic acids is 1. The molecular weight excluding hydrogens is 318 g/mol. The second kappa shape index (κ2) is 7.65. The van der Waals surface area contributed by atoms with Gasteiger partial charge in [-0.3, -0.25) is 14.8 Å². The standard InChI is InChI=1S/C18H25N5O2/c1-12-5-4-6-17(19-12)25-15-7-9-23(10-8-15)11-16(24)20-18-13(2)21-22-14(18)3/h4-6,15H,7-11H2,1-3H3,(H,20,24)(H,21,22). The van der Waals surface area contributed by atoms with Gasteiger partial charge in [0.1, 0.15) is 6.10 Å². The number of aryl methyl sites for hydroxylation is 3. The van der Waals surface area contributed by atoms with Crippen LogP contribution in [0.3, 0.4) is 0 Å². The molecule has 0 aromatic carbocycles. The summed E-state index contributed by atoms with van der Waals surface area (Å²) in [6.45, 7) is 7.80. The van der Waals surface area contributed by atoms with Gasteiger partial charge in [-0.25, -0.2) is 4.98 Å². The SMILES string of the molecule is Cc1cccc(OC2CCN(CC(=O)Nc3c(C)n[nH]c3C)CC2)n1. The topological polar surface area (TPSA) is 83.1 Å². The number of likely N-dealkylation sites (tertiary alicyclic amines) is 1. The molecule has 1 aliphatic rings. The summed E-state index contributed by atoms with van der Waals surface area (Å²) in [5.41, 5.74) is 3.43. The van der Waals surface area contributed by atoms with Gasteiger partial charge in [-0.15, -0.1) is 0 Å². The molecule has 134 valence electrons. The first-order valence-corrected chi connectivity index (χ1v) is 8.65. The van der Waals surface area contributed by atoms with Crippen molar-refractivity contribution in [2.75, 3.05) is 25.0 Å². The highest BCUT2D eigenvalue weighted by Crippen LogP contribution is 2.19. The van der Waals surface area contributed by atoms with Crippen LogP contribution in [0.1, 0.15) is 29.9 Å². The number of nitrogens with one attached hydrogen (secondary N) is 2. The lowest BCUT2D eigenvalue weighted by atomic mass is 10.1. The van der Waals surface area contributed by atoms with E-state index in [0.29, 0.717) is 12.4 Å². The second-order valence-corrected chi connectivity index (χ2v) is 6.57. The summed E-state index contributed by atoms with van der Waals surface area (Å²) in [4.78, 5) is 18.8. The molecule has 0 radical (unpaired) electrons. The summed E-state index contributed by atoms with van der Waals surface area (Å²) in [5.74, 6) is 0.675. The van der Waals surface area contributed by atoms with E-state index in [1.165, 1.54) is 0 Å². The molecule has 0 atom stereocenters. The number of aromatic nitrogens is 3. The highest BCUT2D eigenvalue weighted by Gasteiger charge is 2.23. The molecule has 0 bridgehead atoms. The number of rotatable bonds is 5. The van der Waals surface area contributed by atoms with Crippen molar-refractivity contribution >= 4 is 11.6 Å². The third-order valence-corrected chi connectivity index (χ3v) is 4.44. The first-order valence-electron chi connectivity index (χ1n) is 8.65. The van der Waals surface area contributed by atoms with Crippen molar-refractivity contribution in [3.63, 3.8) is 0 Å². The van der Waals surface area contributed by atoms with Gasteiger partial charge in [0.15, 0.2) is 0 Å². The Morgan fingerprint density at radius 3 is 2.72 bits per heavy atom. The molecule has 25 heavy (non-hydrogen) atoms. The van der Waals surface area contributed by atoms with Crippen molar-refractivity contribution in [3.05, 3.63) is 35.3 Å². The highest BCUT2D eigenvalue weighted by atomic mass is 16.5. The zero-order valence-electron chi connectivity index (χ0n) is 15.0. The van der Waals surface area contributed by atoms with E-state index in [2.05, 4.69) is 25.4 Å². The van der Waals surface area contributed by atoms with E-state index >= 15 is 0 Å². The van der Waals surface area contributed by atoms with Crippen LogP contribution in [0.2, 0.25) is 0 Å².